The normalized spacial score (nSPS) is 13.4. The number of nitrogens with one attached hydrogen (secondary N) is 1. The van der Waals surface area contributed by atoms with Crippen LogP contribution in [0.3, 0.4) is 0 Å². The van der Waals surface area contributed by atoms with E-state index in [0.717, 1.165) is 22.3 Å². The molecule has 0 spiro atoms. The van der Waals surface area contributed by atoms with Crippen LogP contribution < -0.4 is 10.1 Å². The van der Waals surface area contributed by atoms with Crippen LogP contribution in [0.4, 0.5) is 0 Å². The van der Waals surface area contributed by atoms with Gasteiger partial charge < -0.3 is 10.1 Å². The Morgan fingerprint density at radius 3 is 2.52 bits per heavy atom. The van der Waals surface area contributed by atoms with Crippen LogP contribution in [-0.4, -0.2) is 32.6 Å². The molecular formula is C15H24BrNO3S. The molecule has 0 fully saturated rings. The van der Waals surface area contributed by atoms with Crippen LogP contribution in [0.2, 0.25) is 0 Å². The summed E-state index contributed by atoms with van der Waals surface area (Å²) in [7, 11) is -3.07. The zero-order chi connectivity index (χ0) is 16.0. The second-order valence-electron chi connectivity index (χ2n) is 5.23. The smallest absolute Gasteiger partial charge is 0.155 e. The molecule has 0 aliphatic rings. The summed E-state index contributed by atoms with van der Waals surface area (Å²) in [5.74, 6) is 0.765. The molecule has 0 bridgehead atoms. The number of ether oxygens (including phenoxy) is 1. The molecule has 6 heteroatoms. The van der Waals surface area contributed by atoms with E-state index in [-0.39, 0.29) is 23.7 Å². The van der Waals surface area contributed by atoms with Crippen molar-refractivity contribution in [1.82, 2.24) is 5.32 Å². The van der Waals surface area contributed by atoms with Crippen LogP contribution in [0.1, 0.15) is 39.3 Å². The van der Waals surface area contributed by atoms with Gasteiger partial charge in [0.1, 0.15) is 12.4 Å². The fraction of sp³-hybridized carbons (Fsp3) is 0.600. The Morgan fingerprint density at radius 2 is 1.95 bits per heavy atom. The van der Waals surface area contributed by atoms with Crippen molar-refractivity contribution in [3.8, 4) is 5.75 Å². The highest BCUT2D eigenvalue weighted by molar-refractivity contribution is 9.10. The number of hydrogen-bond acceptors (Lipinski definition) is 4. The van der Waals surface area contributed by atoms with E-state index in [1.165, 1.54) is 0 Å². The predicted octanol–water partition coefficient (Wildman–Crippen LogP) is 3.32. The lowest BCUT2D eigenvalue weighted by atomic mass is 10.1. The highest BCUT2D eigenvalue weighted by atomic mass is 79.9. The Labute approximate surface area is 136 Å². The maximum Gasteiger partial charge on any atom is 0.155 e. The minimum Gasteiger partial charge on any atom is -0.492 e. The standard InChI is InChI=1S/C15H24BrNO3S/c1-5-17-12(4)14-10-13(16)6-7-15(14)20-8-9-21(18,19)11(2)3/h6-7,10-12,17H,5,8-9H2,1-4H3. The number of hydrogen-bond donors (Lipinski definition) is 1. The second kappa shape index (κ2) is 8.15. The van der Waals surface area contributed by atoms with Gasteiger partial charge in [-0.2, -0.15) is 0 Å². The van der Waals surface area contributed by atoms with Gasteiger partial charge in [-0.3, -0.25) is 0 Å². The van der Waals surface area contributed by atoms with Gasteiger partial charge in [0.05, 0.1) is 11.0 Å². The van der Waals surface area contributed by atoms with Gasteiger partial charge in [0.2, 0.25) is 0 Å². The van der Waals surface area contributed by atoms with Crippen molar-refractivity contribution in [2.24, 2.45) is 0 Å². The average molecular weight is 378 g/mol. The van der Waals surface area contributed by atoms with Gasteiger partial charge in [0.25, 0.3) is 0 Å². The van der Waals surface area contributed by atoms with Gasteiger partial charge >= 0.3 is 0 Å². The van der Waals surface area contributed by atoms with E-state index >= 15 is 0 Å². The fourth-order valence-electron chi connectivity index (χ4n) is 1.91. The van der Waals surface area contributed by atoms with Crippen LogP contribution in [-0.2, 0) is 9.84 Å². The van der Waals surface area contributed by atoms with E-state index in [1.54, 1.807) is 13.8 Å². The molecule has 0 aliphatic heterocycles. The molecule has 0 saturated carbocycles. The Balaban J connectivity index is 2.79. The molecule has 0 saturated heterocycles. The van der Waals surface area contributed by atoms with E-state index in [0.29, 0.717) is 0 Å². The molecule has 21 heavy (non-hydrogen) atoms. The van der Waals surface area contributed by atoms with E-state index in [2.05, 4.69) is 28.2 Å². The maximum absolute atomic E-state index is 11.8. The summed E-state index contributed by atoms with van der Waals surface area (Å²) in [6.07, 6.45) is 0. The van der Waals surface area contributed by atoms with Crippen molar-refractivity contribution in [3.63, 3.8) is 0 Å². The molecule has 0 radical (unpaired) electrons. The van der Waals surface area contributed by atoms with Crippen molar-refractivity contribution >= 4 is 25.8 Å². The molecule has 1 aromatic rings. The minimum absolute atomic E-state index is 0.0375. The molecule has 1 N–H and O–H groups in total. The summed E-state index contributed by atoms with van der Waals surface area (Å²) in [5, 5.41) is 2.97. The molecule has 0 aromatic heterocycles. The number of halogens is 1. The lowest BCUT2D eigenvalue weighted by Gasteiger charge is -2.18. The summed E-state index contributed by atoms with van der Waals surface area (Å²) in [4.78, 5) is 0. The maximum atomic E-state index is 11.8. The quantitative estimate of drug-likeness (QED) is 0.754. The van der Waals surface area contributed by atoms with Crippen LogP contribution in [0, 0.1) is 0 Å². The minimum atomic E-state index is -3.07. The lowest BCUT2D eigenvalue weighted by molar-refractivity contribution is 0.333. The first-order chi connectivity index (χ1) is 9.77. The topological polar surface area (TPSA) is 55.4 Å². The van der Waals surface area contributed by atoms with E-state index in [9.17, 15) is 8.42 Å². The number of sulfone groups is 1. The van der Waals surface area contributed by atoms with Gasteiger partial charge in [-0.15, -0.1) is 0 Å². The molecule has 1 aromatic carbocycles. The van der Waals surface area contributed by atoms with Gasteiger partial charge in [-0.25, -0.2) is 8.42 Å². The first-order valence-electron chi connectivity index (χ1n) is 7.15. The zero-order valence-electron chi connectivity index (χ0n) is 13.0. The van der Waals surface area contributed by atoms with Crippen LogP contribution >= 0.6 is 15.9 Å². The Kier molecular flexibility index (Phi) is 7.16. The van der Waals surface area contributed by atoms with Crippen molar-refractivity contribution < 1.29 is 13.2 Å². The molecule has 120 valence electrons. The van der Waals surface area contributed by atoms with Crippen LogP contribution in [0.15, 0.2) is 22.7 Å². The molecule has 1 atom stereocenters. The molecule has 0 aliphatic carbocycles. The molecule has 1 unspecified atom stereocenters. The molecule has 1 rings (SSSR count). The van der Waals surface area contributed by atoms with Crippen molar-refractivity contribution in [1.29, 1.82) is 0 Å². The van der Waals surface area contributed by atoms with Crippen LogP contribution in [0.5, 0.6) is 5.75 Å². The predicted molar refractivity (Wildman–Crippen MR) is 90.7 cm³/mol. The van der Waals surface area contributed by atoms with Crippen LogP contribution in [0.25, 0.3) is 0 Å². The summed E-state index contributed by atoms with van der Waals surface area (Å²) in [6, 6.07) is 5.91. The van der Waals surface area contributed by atoms with Gasteiger partial charge in [0.15, 0.2) is 9.84 Å². The lowest BCUT2D eigenvalue weighted by Crippen LogP contribution is -2.23. The summed E-state index contributed by atoms with van der Waals surface area (Å²) < 4.78 is 30.3. The Morgan fingerprint density at radius 1 is 1.29 bits per heavy atom. The molecule has 0 amide bonds. The average Bonchev–Trinajstić information content (AvgIpc) is 2.40. The molecule has 0 heterocycles. The van der Waals surface area contributed by atoms with E-state index in [4.69, 9.17) is 4.74 Å². The fourth-order valence-corrected chi connectivity index (χ4v) is 3.07. The summed E-state index contributed by atoms with van der Waals surface area (Å²) in [5.41, 5.74) is 1.02. The largest absolute Gasteiger partial charge is 0.492 e. The summed E-state index contributed by atoms with van der Waals surface area (Å²) in [6.45, 7) is 8.51. The second-order valence-corrected chi connectivity index (χ2v) is 8.82. The van der Waals surface area contributed by atoms with Crippen molar-refractivity contribution in [2.75, 3.05) is 18.9 Å². The number of benzene rings is 1. The van der Waals surface area contributed by atoms with Gasteiger partial charge in [-0.05, 0) is 45.5 Å². The van der Waals surface area contributed by atoms with Crippen molar-refractivity contribution in [2.45, 2.75) is 39.0 Å². The SMILES string of the molecule is CCNC(C)c1cc(Br)ccc1OCCS(=O)(=O)C(C)C. The third-order valence-electron chi connectivity index (χ3n) is 3.29. The first-order valence-corrected chi connectivity index (χ1v) is 9.66. The highest BCUT2D eigenvalue weighted by Gasteiger charge is 2.17. The van der Waals surface area contributed by atoms with E-state index in [1.807, 2.05) is 25.1 Å². The number of rotatable bonds is 8. The molecule has 4 nitrogen and oxygen atoms in total. The third-order valence-corrected chi connectivity index (χ3v) is 5.96. The summed E-state index contributed by atoms with van der Waals surface area (Å²) >= 11 is 3.46. The third kappa shape index (κ3) is 5.60. The Bertz CT molecular complexity index is 558. The highest BCUT2D eigenvalue weighted by Crippen LogP contribution is 2.28. The Hall–Kier alpha value is -0.590. The van der Waals surface area contributed by atoms with Gasteiger partial charge in [0, 0.05) is 16.1 Å². The first kappa shape index (κ1) is 18.5. The monoisotopic (exact) mass is 377 g/mol. The van der Waals surface area contributed by atoms with E-state index < -0.39 is 9.84 Å². The van der Waals surface area contributed by atoms with Crippen molar-refractivity contribution in [3.05, 3.63) is 28.2 Å². The molecular weight excluding hydrogens is 354 g/mol. The zero-order valence-corrected chi connectivity index (χ0v) is 15.4. The van der Waals surface area contributed by atoms with Gasteiger partial charge in [-0.1, -0.05) is 22.9 Å².